The molecule has 134 valence electrons. The predicted octanol–water partition coefficient (Wildman–Crippen LogP) is 5.95. The van der Waals surface area contributed by atoms with E-state index in [4.69, 9.17) is 13.3 Å². The largest absolute Gasteiger partial charge is 0.501 e. The van der Waals surface area contributed by atoms with Crippen LogP contribution in [0.15, 0.2) is 0 Å². The van der Waals surface area contributed by atoms with E-state index in [9.17, 15) is 0 Å². The summed E-state index contributed by atoms with van der Waals surface area (Å²) in [6, 6.07) is 0.950. The van der Waals surface area contributed by atoms with Crippen LogP contribution >= 0.6 is 0 Å². The first kappa shape index (κ1) is 22.1. The molecule has 3 nitrogen and oxygen atoms in total. The maximum absolute atomic E-state index is 6.41. The van der Waals surface area contributed by atoms with E-state index in [0.29, 0.717) is 0 Å². The standard InChI is InChI=1S/C18H40O3Si/c1-8-12-13-14-15-22(19-16(5)9-2,20-17(6)10-3)21-18(7)11-4/h16-18H,8-15H2,1-7H3. The van der Waals surface area contributed by atoms with Crippen molar-refractivity contribution in [2.24, 2.45) is 0 Å². The quantitative estimate of drug-likeness (QED) is 0.290. The lowest BCUT2D eigenvalue weighted by Gasteiger charge is -2.36. The van der Waals surface area contributed by atoms with Crippen molar-refractivity contribution in [3.63, 3.8) is 0 Å². The molecule has 0 fully saturated rings. The number of unbranched alkanes of at least 4 members (excludes halogenated alkanes) is 3. The van der Waals surface area contributed by atoms with Crippen LogP contribution in [0.25, 0.3) is 0 Å². The Balaban J connectivity index is 5.00. The molecule has 0 spiro atoms. The maximum atomic E-state index is 6.41. The van der Waals surface area contributed by atoms with Gasteiger partial charge < -0.3 is 13.3 Å². The topological polar surface area (TPSA) is 27.7 Å². The van der Waals surface area contributed by atoms with Crippen molar-refractivity contribution in [1.29, 1.82) is 0 Å². The molecule has 0 heterocycles. The Hall–Kier alpha value is 0.0969. The van der Waals surface area contributed by atoms with Gasteiger partial charge in [0.15, 0.2) is 0 Å². The van der Waals surface area contributed by atoms with Gasteiger partial charge in [-0.05, 0) is 46.5 Å². The maximum Gasteiger partial charge on any atom is 0.501 e. The molecule has 0 bridgehead atoms. The molecule has 0 radical (unpaired) electrons. The molecule has 0 saturated heterocycles. The molecule has 4 heteroatoms. The zero-order valence-electron chi connectivity index (χ0n) is 16.1. The van der Waals surface area contributed by atoms with Crippen LogP contribution in [0, 0.1) is 0 Å². The van der Waals surface area contributed by atoms with E-state index in [1.165, 1.54) is 19.3 Å². The van der Waals surface area contributed by atoms with Crippen LogP contribution in [0.4, 0.5) is 0 Å². The van der Waals surface area contributed by atoms with E-state index in [1.807, 2.05) is 0 Å². The minimum Gasteiger partial charge on any atom is -0.371 e. The molecule has 22 heavy (non-hydrogen) atoms. The van der Waals surface area contributed by atoms with Gasteiger partial charge in [-0.15, -0.1) is 0 Å². The van der Waals surface area contributed by atoms with E-state index < -0.39 is 8.80 Å². The van der Waals surface area contributed by atoms with E-state index in [0.717, 1.165) is 31.7 Å². The average molecular weight is 333 g/mol. The lowest BCUT2D eigenvalue weighted by molar-refractivity contribution is -0.0111. The van der Waals surface area contributed by atoms with Crippen LogP contribution in [0.1, 0.15) is 93.4 Å². The summed E-state index contributed by atoms with van der Waals surface area (Å²) in [6.45, 7) is 15.1. The Labute approximate surface area is 140 Å². The molecule has 0 aliphatic carbocycles. The molecule has 0 aromatic rings. The molecular formula is C18H40O3Si. The Bertz CT molecular complexity index is 229. The van der Waals surface area contributed by atoms with Crippen molar-refractivity contribution in [3.8, 4) is 0 Å². The predicted molar refractivity (Wildman–Crippen MR) is 97.2 cm³/mol. The van der Waals surface area contributed by atoms with Gasteiger partial charge in [0.1, 0.15) is 0 Å². The summed E-state index contributed by atoms with van der Waals surface area (Å²) < 4.78 is 19.2. The second kappa shape index (κ2) is 12.5. The Kier molecular flexibility index (Phi) is 12.6. The third kappa shape index (κ3) is 9.28. The molecule has 0 aromatic carbocycles. The fraction of sp³-hybridized carbons (Fsp3) is 1.00. The number of hydrogen-bond donors (Lipinski definition) is 0. The van der Waals surface area contributed by atoms with Gasteiger partial charge in [-0.25, -0.2) is 0 Å². The summed E-state index contributed by atoms with van der Waals surface area (Å²) in [7, 11) is -2.60. The summed E-state index contributed by atoms with van der Waals surface area (Å²) in [5.41, 5.74) is 0. The van der Waals surface area contributed by atoms with Crippen molar-refractivity contribution in [3.05, 3.63) is 0 Å². The SMILES string of the molecule is CCCCCC[Si](OC(C)CC)(OC(C)CC)OC(C)CC. The van der Waals surface area contributed by atoms with Crippen LogP contribution in [-0.2, 0) is 13.3 Å². The molecule has 0 saturated carbocycles. The molecule has 0 aromatic heterocycles. The Morgan fingerprint density at radius 2 is 1.05 bits per heavy atom. The monoisotopic (exact) mass is 332 g/mol. The van der Waals surface area contributed by atoms with Crippen molar-refractivity contribution < 1.29 is 13.3 Å². The van der Waals surface area contributed by atoms with E-state index >= 15 is 0 Å². The summed E-state index contributed by atoms with van der Waals surface area (Å²) in [5, 5.41) is 0. The summed E-state index contributed by atoms with van der Waals surface area (Å²) in [4.78, 5) is 0. The summed E-state index contributed by atoms with van der Waals surface area (Å²) in [6.07, 6.45) is 8.50. The molecule has 0 aliphatic rings. The average Bonchev–Trinajstić information content (AvgIpc) is 2.51. The van der Waals surface area contributed by atoms with Gasteiger partial charge in [-0.3, -0.25) is 0 Å². The van der Waals surface area contributed by atoms with Gasteiger partial charge in [0.05, 0.1) is 0 Å². The van der Waals surface area contributed by atoms with Crippen LogP contribution in [0.3, 0.4) is 0 Å². The van der Waals surface area contributed by atoms with Gasteiger partial charge >= 0.3 is 8.80 Å². The van der Waals surface area contributed by atoms with Gasteiger partial charge in [0.25, 0.3) is 0 Å². The van der Waals surface area contributed by atoms with Gasteiger partial charge in [-0.1, -0.05) is 47.0 Å². The second-order valence-corrected chi connectivity index (χ2v) is 9.08. The van der Waals surface area contributed by atoms with Crippen molar-refractivity contribution in [2.75, 3.05) is 0 Å². The van der Waals surface area contributed by atoms with Crippen molar-refractivity contribution in [1.82, 2.24) is 0 Å². The lowest BCUT2D eigenvalue weighted by Crippen LogP contribution is -2.51. The van der Waals surface area contributed by atoms with Crippen LogP contribution < -0.4 is 0 Å². The fourth-order valence-corrected chi connectivity index (χ4v) is 5.74. The number of hydrogen-bond acceptors (Lipinski definition) is 3. The molecule has 3 atom stereocenters. The summed E-state index contributed by atoms with van der Waals surface area (Å²) >= 11 is 0. The van der Waals surface area contributed by atoms with Crippen molar-refractivity contribution in [2.45, 2.75) is 118 Å². The second-order valence-electron chi connectivity index (χ2n) is 6.50. The molecule has 0 aliphatic heterocycles. The van der Waals surface area contributed by atoms with Gasteiger partial charge in [0.2, 0.25) is 0 Å². The minimum atomic E-state index is -2.60. The van der Waals surface area contributed by atoms with Gasteiger partial charge in [-0.2, -0.15) is 0 Å². The van der Waals surface area contributed by atoms with Gasteiger partial charge in [0, 0.05) is 24.4 Å². The van der Waals surface area contributed by atoms with Crippen LogP contribution in [-0.4, -0.2) is 27.1 Å². The van der Waals surface area contributed by atoms with E-state index in [1.54, 1.807) is 0 Å². The highest BCUT2D eigenvalue weighted by Crippen LogP contribution is 2.27. The zero-order valence-corrected chi connectivity index (χ0v) is 17.1. The Morgan fingerprint density at radius 1 is 0.636 bits per heavy atom. The molecule has 0 N–H and O–H groups in total. The molecule has 3 unspecified atom stereocenters. The lowest BCUT2D eigenvalue weighted by atomic mass is 10.2. The van der Waals surface area contributed by atoms with Crippen molar-refractivity contribution >= 4 is 8.80 Å². The third-order valence-corrected chi connectivity index (χ3v) is 7.45. The highest BCUT2D eigenvalue weighted by molar-refractivity contribution is 6.60. The van der Waals surface area contributed by atoms with Crippen LogP contribution in [0.5, 0.6) is 0 Å². The van der Waals surface area contributed by atoms with E-state index in [2.05, 4.69) is 48.5 Å². The highest BCUT2D eigenvalue weighted by Gasteiger charge is 2.44. The normalized spacial score (nSPS) is 18.7. The number of rotatable bonds is 14. The molecule has 0 amide bonds. The first-order valence-electron chi connectivity index (χ1n) is 9.46. The third-order valence-electron chi connectivity index (χ3n) is 4.20. The van der Waals surface area contributed by atoms with E-state index in [-0.39, 0.29) is 18.3 Å². The van der Waals surface area contributed by atoms with Crippen LogP contribution in [0.2, 0.25) is 6.04 Å². The fourth-order valence-electron chi connectivity index (χ4n) is 2.20. The minimum absolute atomic E-state index is 0.200. The first-order chi connectivity index (χ1) is 10.4. The smallest absolute Gasteiger partial charge is 0.371 e. The zero-order chi connectivity index (χ0) is 17.0. The first-order valence-corrected chi connectivity index (χ1v) is 11.4. The highest BCUT2D eigenvalue weighted by atomic mass is 28.4. The molecular weight excluding hydrogens is 292 g/mol. The molecule has 0 rings (SSSR count). The Morgan fingerprint density at radius 3 is 1.36 bits per heavy atom. The summed E-state index contributed by atoms with van der Waals surface area (Å²) in [5.74, 6) is 0.